The molecular formula is C14H14ClFN2. The van der Waals surface area contributed by atoms with Crippen molar-refractivity contribution in [3.8, 4) is 0 Å². The van der Waals surface area contributed by atoms with Gasteiger partial charge in [0, 0.05) is 23.0 Å². The largest absolute Gasteiger partial charge is 0.324 e. The van der Waals surface area contributed by atoms with Crippen LogP contribution in [0.4, 0.5) is 4.39 Å². The maximum Gasteiger partial charge on any atom is 0.123 e. The first kappa shape index (κ1) is 13.0. The molecule has 94 valence electrons. The van der Waals surface area contributed by atoms with Gasteiger partial charge >= 0.3 is 0 Å². The summed E-state index contributed by atoms with van der Waals surface area (Å²) in [6, 6.07) is 7.90. The number of aromatic nitrogens is 1. The number of aryl methyl sites for hydroxylation is 1. The normalized spacial score (nSPS) is 12.4. The second-order valence-electron chi connectivity index (χ2n) is 4.28. The van der Waals surface area contributed by atoms with Gasteiger partial charge in [-0.1, -0.05) is 11.6 Å². The van der Waals surface area contributed by atoms with Gasteiger partial charge in [0.25, 0.3) is 0 Å². The van der Waals surface area contributed by atoms with Gasteiger partial charge in [-0.15, -0.1) is 0 Å². The molecule has 4 heteroatoms. The van der Waals surface area contributed by atoms with Crippen molar-refractivity contribution in [2.45, 2.75) is 19.4 Å². The van der Waals surface area contributed by atoms with Gasteiger partial charge < -0.3 is 5.73 Å². The van der Waals surface area contributed by atoms with Crippen LogP contribution in [-0.4, -0.2) is 4.98 Å². The molecule has 0 radical (unpaired) electrons. The Morgan fingerprint density at radius 3 is 2.83 bits per heavy atom. The number of pyridine rings is 1. The zero-order chi connectivity index (χ0) is 13.1. The zero-order valence-electron chi connectivity index (χ0n) is 10.0. The molecule has 0 fully saturated rings. The number of nitrogens with zero attached hydrogens (tertiary/aromatic N) is 1. The summed E-state index contributed by atoms with van der Waals surface area (Å²) in [5.74, 6) is -0.299. The molecule has 2 rings (SSSR count). The molecule has 1 aromatic heterocycles. The number of hydrogen-bond donors (Lipinski definition) is 1. The van der Waals surface area contributed by atoms with E-state index in [1.165, 1.54) is 12.1 Å². The van der Waals surface area contributed by atoms with Crippen LogP contribution in [0, 0.1) is 12.7 Å². The molecule has 1 heterocycles. The minimum Gasteiger partial charge on any atom is -0.324 e. The molecule has 0 aliphatic heterocycles. The predicted molar refractivity (Wildman–Crippen MR) is 71.0 cm³/mol. The Kier molecular flexibility index (Phi) is 3.94. The Hall–Kier alpha value is -1.45. The topological polar surface area (TPSA) is 38.9 Å². The van der Waals surface area contributed by atoms with E-state index in [1.54, 1.807) is 12.3 Å². The van der Waals surface area contributed by atoms with Gasteiger partial charge in [0.15, 0.2) is 0 Å². The number of nitrogens with two attached hydrogens (primary N) is 1. The van der Waals surface area contributed by atoms with Gasteiger partial charge in [-0.25, -0.2) is 4.39 Å². The highest BCUT2D eigenvalue weighted by molar-refractivity contribution is 6.31. The van der Waals surface area contributed by atoms with E-state index in [1.807, 2.05) is 19.1 Å². The number of hydrogen-bond acceptors (Lipinski definition) is 2. The standard InChI is InChI=1S/C14H14ClFN2/c1-9-6-10(4-5-18-9)14(17)8-11-7-12(16)2-3-13(11)15/h2-7,14H,8,17H2,1H3. The molecule has 0 saturated carbocycles. The van der Waals surface area contributed by atoms with Gasteiger partial charge in [0.2, 0.25) is 0 Å². The van der Waals surface area contributed by atoms with Crippen LogP contribution in [0.25, 0.3) is 0 Å². The van der Waals surface area contributed by atoms with E-state index in [9.17, 15) is 4.39 Å². The molecule has 0 spiro atoms. The molecule has 0 aliphatic rings. The summed E-state index contributed by atoms with van der Waals surface area (Å²) in [7, 11) is 0. The van der Waals surface area contributed by atoms with E-state index in [4.69, 9.17) is 17.3 Å². The molecule has 2 N–H and O–H groups in total. The summed E-state index contributed by atoms with van der Waals surface area (Å²) in [4.78, 5) is 4.12. The first-order valence-electron chi connectivity index (χ1n) is 5.68. The second kappa shape index (κ2) is 5.46. The summed E-state index contributed by atoms with van der Waals surface area (Å²) in [5.41, 5.74) is 8.71. The molecule has 0 aliphatic carbocycles. The molecule has 1 unspecified atom stereocenters. The molecule has 0 bridgehead atoms. The summed E-state index contributed by atoms with van der Waals surface area (Å²) < 4.78 is 13.2. The Morgan fingerprint density at radius 2 is 2.11 bits per heavy atom. The lowest BCUT2D eigenvalue weighted by Crippen LogP contribution is -2.14. The summed E-state index contributed by atoms with van der Waals surface area (Å²) in [6.45, 7) is 1.91. The van der Waals surface area contributed by atoms with Crippen molar-refractivity contribution in [1.29, 1.82) is 0 Å². The zero-order valence-corrected chi connectivity index (χ0v) is 10.8. The van der Waals surface area contributed by atoms with Crippen LogP contribution in [0.2, 0.25) is 5.02 Å². The Balaban J connectivity index is 2.21. The Morgan fingerprint density at radius 1 is 1.33 bits per heavy atom. The quantitative estimate of drug-likeness (QED) is 0.923. The first-order valence-corrected chi connectivity index (χ1v) is 6.06. The molecule has 1 aromatic carbocycles. The smallest absolute Gasteiger partial charge is 0.123 e. The lowest BCUT2D eigenvalue weighted by atomic mass is 10.00. The van der Waals surface area contributed by atoms with Crippen LogP contribution in [0.1, 0.15) is 22.9 Å². The number of benzene rings is 1. The van der Waals surface area contributed by atoms with Gasteiger partial charge in [0.1, 0.15) is 5.82 Å². The van der Waals surface area contributed by atoms with E-state index in [0.717, 1.165) is 16.8 Å². The van der Waals surface area contributed by atoms with E-state index < -0.39 is 0 Å². The lowest BCUT2D eigenvalue weighted by Gasteiger charge is -2.13. The maximum atomic E-state index is 13.2. The van der Waals surface area contributed by atoms with E-state index in [2.05, 4.69) is 4.98 Å². The fourth-order valence-corrected chi connectivity index (χ4v) is 2.05. The molecule has 0 amide bonds. The van der Waals surface area contributed by atoms with Crippen molar-refractivity contribution in [2.24, 2.45) is 5.73 Å². The molecule has 2 nitrogen and oxygen atoms in total. The minimum absolute atomic E-state index is 0.217. The second-order valence-corrected chi connectivity index (χ2v) is 4.68. The van der Waals surface area contributed by atoms with Crippen LogP contribution in [-0.2, 0) is 6.42 Å². The van der Waals surface area contributed by atoms with Gasteiger partial charge in [0.05, 0.1) is 0 Å². The third-order valence-corrected chi connectivity index (χ3v) is 3.17. The monoisotopic (exact) mass is 264 g/mol. The summed E-state index contributed by atoms with van der Waals surface area (Å²) in [5, 5.41) is 0.539. The highest BCUT2D eigenvalue weighted by Gasteiger charge is 2.10. The SMILES string of the molecule is Cc1cc(C(N)Cc2cc(F)ccc2Cl)ccn1. The molecule has 1 atom stereocenters. The van der Waals surface area contributed by atoms with Crippen molar-refractivity contribution in [2.75, 3.05) is 0 Å². The molecule has 0 saturated heterocycles. The first-order chi connectivity index (χ1) is 8.56. The van der Waals surface area contributed by atoms with E-state index >= 15 is 0 Å². The van der Waals surface area contributed by atoms with Crippen LogP contribution in [0.3, 0.4) is 0 Å². The van der Waals surface area contributed by atoms with Crippen molar-refractivity contribution in [3.63, 3.8) is 0 Å². The lowest BCUT2D eigenvalue weighted by molar-refractivity contribution is 0.622. The van der Waals surface area contributed by atoms with Crippen molar-refractivity contribution in [1.82, 2.24) is 4.98 Å². The van der Waals surface area contributed by atoms with Crippen molar-refractivity contribution >= 4 is 11.6 Å². The number of halogens is 2. The average molecular weight is 265 g/mol. The average Bonchev–Trinajstić information content (AvgIpc) is 2.34. The third-order valence-electron chi connectivity index (χ3n) is 2.80. The van der Waals surface area contributed by atoms with Crippen LogP contribution < -0.4 is 5.73 Å². The van der Waals surface area contributed by atoms with Crippen LogP contribution in [0.5, 0.6) is 0 Å². The summed E-state index contributed by atoms with van der Waals surface area (Å²) in [6.07, 6.45) is 2.22. The van der Waals surface area contributed by atoms with Gasteiger partial charge in [-0.2, -0.15) is 0 Å². The maximum absolute atomic E-state index is 13.2. The Labute approximate surface area is 111 Å². The number of rotatable bonds is 3. The highest BCUT2D eigenvalue weighted by Crippen LogP contribution is 2.23. The van der Waals surface area contributed by atoms with Crippen LogP contribution in [0.15, 0.2) is 36.5 Å². The molecule has 18 heavy (non-hydrogen) atoms. The van der Waals surface area contributed by atoms with E-state index in [0.29, 0.717) is 11.4 Å². The highest BCUT2D eigenvalue weighted by atomic mass is 35.5. The Bertz CT molecular complexity index is 557. The van der Waals surface area contributed by atoms with Gasteiger partial charge in [-0.05, 0) is 54.8 Å². The van der Waals surface area contributed by atoms with Gasteiger partial charge in [-0.3, -0.25) is 4.98 Å². The third kappa shape index (κ3) is 3.06. The van der Waals surface area contributed by atoms with E-state index in [-0.39, 0.29) is 11.9 Å². The molecule has 2 aromatic rings. The molecular weight excluding hydrogens is 251 g/mol. The predicted octanol–water partition coefficient (Wildman–Crippen LogP) is 3.43. The minimum atomic E-state index is -0.299. The van der Waals surface area contributed by atoms with Crippen molar-refractivity contribution in [3.05, 3.63) is 64.2 Å². The fraction of sp³-hybridized carbons (Fsp3) is 0.214. The van der Waals surface area contributed by atoms with Crippen LogP contribution >= 0.6 is 11.6 Å². The fourth-order valence-electron chi connectivity index (χ4n) is 1.85. The van der Waals surface area contributed by atoms with Crippen molar-refractivity contribution < 1.29 is 4.39 Å². The summed E-state index contributed by atoms with van der Waals surface area (Å²) >= 11 is 6.02.